The molecule has 2 atom stereocenters. The molecule has 0 aliphatic carbocycles. The van der Waals surface area contributed by atoms with Crippen LogP contribution in [0.3, 0.4) is 0 Å². The molecule has 2 nitrogen and oxygen atoms in total. The first kappa shape index (κ1) is 32.5. The number of aliphatic hydroxyl groups is 1. The Morgan fingerprint density at radius 1 is 0.667 bits per heavy atom. The van der Waals surface area contributed by atoms with Crippen LogP contribution in [0, 0.1) is 0 Å². The molecule has 2 unspecified atom stereocenters. The molecule has 0 saturated carbocycles. The lowest BCUT2D eigenvalue weighted by atomic mass is 9.99. The van der Waals surface area contributed by atoms with Gasteiger partial charge >= 0.3 is 5.92 Å². The summed E-state index contributed by atoms with van der Waals surface area (Å²) in [5.41, 5.74) is 0. The van der Waals surface area contributed by atoms with Crippen LogP contribution in [0.15, 0.2) is 12.7 Å². The number of aliphatic hydroxyl groups excluding tert-OH is 1. The summed E-state index contributed by atoms with van der Waals surface area (Å²) in [6.45, 7) is 8.23. The van der Waals surface area contributed by atoms with Crippen LogP contribution in [-0.2, 0) is 4.74 Å². The van der Waals surface area contributed by atoms with E-state index in [0.717, 1.165) is 38.2 Å². The molecule has 4 heteroatoms. The van der Waals surface area contributed by atoms with Gasteiger partial charge in [-0.2, -0.15) is 0 Å². The van der Waals surface area contributed by atoms with Gasteiger partial charge in [-0.25, -0.2) is 8.78 Å². The van der Waals surface area contributed by atoms with Crippen molar-refractivity contribution < 1.29 is 18.6 Å². The average molecular weight is 475 g/mol. The third kappa shape index (κ3) is 18.5. The lowest BCUT2D eigenvalue weighted by molar-refractivity contribution is -0.180. The fraction of sp³-hybridized carbons (Fsp3) is 0.931. The number of halogens is 2. The van der Waals surface area contributed by atoms with Crippen LogP contribution in [0.1, 0.15) is 149 Å². The first-order valence-corrected chi connectivity index (χ1v) is 14.3. The highest BCUT2D eigenvalue weighted by atomic mass is 19.3. The number of hydrogen-bond acceptors (Lipinski definition) is 2. The molecule has 0 aliphatic rings. The highest BCUT2D eigenvalue weighted by Gasteiger charge is 2.45. The fourth-order valence-electron chi connectivity index (χ4n) is 4.34. The average Bonchev–Trinajstić information content (AvgIpc) is 2.80. The van der Waals surface area contributed by atoms with E-state index < -0.39 is 18.1 Å². The molecule has 1 N–H and O–H groups in total. The molecular formula is C29H56F2O2. The normalized spacial score (nSPS) is 13.8. The van der Waals surface area contributed by atoms with Gasteiger partial charge in [-0.05, 0) is 12.8 Å². The van der Waals surface area contributed by atoms with E-state index in [1.165, 1.54) is 89.9 Å². The zero-order chi connectivity index (χ0) is 24.6. The minimum Gasteiger partial charge on any atom is -0.387 e. The Kier molecular flexibility index (Phi) is 22.9. The lowest BCUT2D eigenvalue weighted by Crippen LogP contribution is -2.45. The van der Waals surface area contributed by atoms with Crippen LogP contribution in [-0.4, -0.2) is 29.8 Å². The van der Waals surface area contributed by atoms with E-state index in [-0.39, 0.29) is 6.42 Å². The van der Waals surface area contributed by atoms with Crippen LogP contribution < -0.4 is 0 Å². The van der Waals surface area contributed by atoms with Crippen LogP contribution in [0.2, 0.25) is 0 Å². The zero-order valence-electron chi connectivity index (χ0n) is 22.1. The molecule has 0 fully saturated rings. The Hall–Kier alpha value is -0.480. The second kappa shape index (κ2) is 23.3. The quantitative estimate of drug-likeness (QED) is 0.0998. The smallest absolute Gasteiger partial charge is 0.302 e. The lowest BCUT2D eigenvalue weighted by Gasteiger charge is -2.29. The topological polar surface area (TPSA) is 29.5 Å². The van der Waals surface area contributed by atoms with E-state index in [4.69, 9.17) is 4.74 Å². The van der Waals surface area contributed by atoms with Gasteiger partial charge < -0.3 is 9.84 Å². The second-order valence-electron chi connectivity index (χ2n) is 9.87. The molecule has 0 saturated heterocycles. The van der Waals surface area contributed by atoms with Crippen LogP contribution >= 0.6 is 0 Å². The summed E-state index contributed by atoms with van der Waals surface area (Å²) in [7, 11) is 0. The van der Waals surface area contributed by atoms with Crippen molar-refractivity contribution >= 4 is 0 Å². The van der Waals surface area contributed by atoms with Gasteiger partial charge in [0, 0.05) is 6.61 Å². The van der Waals surface area contributed by atoms with Gasteiger partial charge in [0.15, 0.2) is 0 Å². The summed E-state index contributed by atoms with van der Waals surface area (Å²) in [4.78, 5) is 0. The van der Waals surface area contributed by atoms with Crippen molar-refractivity contribution in [1.29, 1.82) is 0 Å². The molecule has 0 rings (SSSR count). The summed E-state index contributed by atoms with van der Waals surface area (Å²) < 4.78 is 34.5. The molecule has 0 amide bonds. The molecule has 0 spiro atoms. The van der Waals surface area contributed by atoms with Crippen molar-refractivity contribution in [2.24, 2.45) is 0 Å². The van der Waals surface area contributed by atoms with Gasteiger partial charge in [-0.3, -0.25) is 0 Å². The number of unbranched alkanes of at least 4 members (excludes halogenated alkanes) is 18. The summed E-state index contributed by atoms with van der Waals surface area (Å²) in [6, 6.07) is 0. The maximum absolute atomic E-state index is 14.6. The second-order valence-corrected chi connectivity index (χ2v) is 9.87. The highest BCUT2D eigenvalue weighted by Crippen LogP contribution is 2.30. The Bertz CT molecular complexity index is 414. The molecule has 198 valence electrons. The Morgan fingerprint density at radius 3 is 1.42 bits per heavy atom. The van der Waals surface area contributed by atoms with Gasteiger partial charge in [0.25, 0.3) is 0 Å². The Morgan fingerprint density at radius 2 is 1.03 bits per heavy atom. The van der Waals surface area contributed by atoms with E-state index in [1.807, 2.05) is 0 Å². The molecular weight excluding hydrogens is 418 g/mol. The third-order valence-corrected chi connectivity index (χ3v) is 6.66. The van der Waals surface area contributed by atoms with Crippen molar-refractivity contribution in [3.8, 4) is 0 Å². The maximum Gasteiger partial charge on any atom is 0.302 e. The third-order valence-electron chi connectivity index (χ3n) is 6.66. The molecule has 0 aromatic heterocycles. The van der Waals surface area contributed by atoms with E-state index in [9.17, 15) is 13.9 Å². The van der Waals surface area contributed by atoms with Crippen molar-refractivity contribution in [2.45, 2.75) is 167 Å². The van der Waals surface area contributed by atoms with Crippen LogP contribution in [0.4, 0.5) is 8.78 Å². The molecule has 0 aromatic rings. The fourth-order valence-corrected chi connectivity index (χ4v) is 4.34. The van der Waals surface area contributed by atoms with Crippen molar-refractivity contribution in [2.75, 3.05) is 6.61 Å². The van der Waals surface area contributed by atoms with Crippen LogP contribution in [0.5, 0.6) is 0 Å². The van der Waals surface area contributed by atoms with Gasteiger partial charge in [0.05, 0.1) is 0 Å². The monoisotopic (exact) mass is 474 g/mol. The van der Waals surface area contributed by atoms with Crippen LogP contribution in [0.25, 0.3) is 0 Å². The Labute approximate surface area is 205 Å². The summed E-state index contributed by atoms with van der Waals surface area (Å²) in [5.74, 6) is -3.28. The van der Waals surface area contributed by atoms with E-state index in [1.54, 1.807) is 0 Å². The number of rotatable bonds is 26. The SMILES string of the molecule is C=CC(OCCCCCCCC)C(F)(F)C(O)CCCCCCCCCCCCCCCC. The predicted octanol–water partition coefficient (Wildman–Crippen LogP) is 9.79. The standard InChI is InChI=1S/C29H56F2O2/c1-4-7-9-11-13-14-15-16-17-18-19-20-21-23-25-27(32)29(30,31)28(6-3)33-26-24-22-12-10-8-5-2/h6,27-28,32H,3-5,7-26H2,1-2H3. The minimum atomic E-state index is -3.28. The molecule has 0 radical (unpaired) electrons. The van der Waals surface area contributed by atoms with Crippen molar-refractivity contribution in [1.82, 2.24) is 0 Å². The largest absolute Gasteiger partial charge is 0.387 e. The van der Waals surface area contributed by atoms with Gasteiger partial charge in [-0.1, -0.05) is 142 Å². The summed E-state index contributed by atoms with van der Waals surface area (Å²) in [6.07, 6.45) is 21.8. The van der Waals surface area contributed by atoms with Gasteiger partial charge in [-0.15, -0.1) is 6.58 Å². The van der Waals surface area contributed by atoms with E-state index >= 15 is 0 Å². The van der Waals surface area contributed by atoms with E-state index in [2.05, 4.69) is 20.4 Å². The number of hydrogen-bond donors (Lipinski definition) is 1. The molecule has 0 heterocycles. The zero-order valence-corrected chi connectivity index (χ0v) is 22.1. The summed E-state index contributed by atoms with van der Waals surface area (Å²) in [5, 5.41) is 10.1. The first-order valence-electron chi connectivity index (χ1n) is 14.3. The number of ether oxygens (including phenoxy) is 1. The van der Waals surface area contributed by atoms with Gasteiger partial charge in [0.2, 0.25) is 0 Å². The summed E-state index contributed by atoms with van der Waals surface area (Å²) >= 11 is 0. The van der Waals surface area contributed by atoms with Crippen molar-refractivity contribution in [3.63, 3.8) is 0 Å². The van der Waals surface area contributed by atoms with E-state index in [0.29, 0.717) is 13.0 Å². The highest BCUT2D eigenvalue weighted by molar-refractivity contribution is 4.95. The molecule has 0 aliphatic heterocycles. The van der Waals surface area contributed by atoms with Crippen molar-refractivity contribution in [3.05, 3.63) is 12.7 Å². The molecule has 0 bridgehead atoms. The Balaban J connectivity index is 3.73. The minimum absolute atomic E-state index is 0.121. The molecule has 0 aromatic carbocycles. The predicted molar refractivity (Wildman–Crippen MR) is 139 cm³/mol. The maximum atomic E-state index is 14.6. The number of alkyl halides is 2. The first-order chi connectivity index (χ1) is 16.0. The molecule has 33 heavy (non-hydrogen) atoms. The van der Waals surface area contributed by atoms with Gasteiger partial charge in [0.1, 0.15) is 12.2 Å².